The van der Waals surface area contributed by atoms with Gasteiger partial charge in [-0.05, 0) is 41.7 Å². The lowest BCUT2D eigenvalue weighted by Crippen LogP contribution is -2.59. The number of phenolic OH excluding ortho intramolecular Hbond substituents is 1. The van der Waals surface area contributed by atoms with Crippen LogP contribution in [0.15, 0.2) is 36.7 Å². The monoisotopic (exact) mass is 505 g/mol. The number of hydrogen-bond donors (Lipinski definition) is 4. The second-order valence-corrected chi connectivity index (χ2v) is 8.33. The van der Waals surface area contributed by atoms with Gasteiger partial charge in [-0.2, -0.15) is 0 Å². The number of ether oxygens (including phenoxy) is 4. The number of aromatic hydroxyl groups is 1. The van der Waals surface area contributed by atoms with Gasteiger partial charge in [-0.1, -0.05) is 19.1 Å². The predicted molar refractivity (Wildman–Crippen MR) is 124 cm³/mol. The minimum atomic E-state index is -1.58. The lowest BCUT2D eigenvalue weighted by atomic mass is 9.99. The predicted octanol–water partition coefficient (Wildman–Crippen LogP) is 0.289. The van der Waals surface area contributed by atoms with Gasteiger partial charge in [0, 0.05) is 12.4 Å². The topological polar surface area (TPSA) is 165 Å². The quantitative estimate of drug-likeness (QED) is 0.328. The van der Waals surface area contributed by atoms with Crippen LogP contribution in [0.25, 0.3) is 0 Å². The van der Waals surface area contributed by atoms with Crippen molar-refractivity contribution in [2.75, 3.05) is 20.3 Å². The Morgan fingerprint density at radius 1 is 1.06 bits per heavy atom. The zero-order chi connectivity index (χ0) is 26.2. The lowest BCUT2D eigenvalue weighted by Gasteiger charge is -2.40. The third-order valence-electron chi connectivity index (χ3n) is 5.94. The molecule has 0 spiro atoms. The van der Waals surface area contributed by atoms with Crippen molar-refractivity contribution in [3.63, 3.8) is 0 Å². The summed E-state index contributed by atoms with van der Waals surface area (Å²) in [6.45, 7) is 1.56. The van der Waals surface area contributed by atoms with Crippen molar-refractivity contribution < 1.29 is 49.0 Å². The van der Waals surface area contributed by atoms with Crippen molar-refractivity contribution in [3.05, 3.63) is 58.9 Å². The highest BCUT2D eigenvalue weighted by molar-refractivity contribution is 5.92. The van der Waals surface area contributed by atoms with E-state index >= 15 is 0 Å². The second kappa shape index (κ2) is 12.7. The van der Waals surface area contributed by atoms with Gasteiger partial charge in [-0.3, -0.25) is 9.78 Å². The van der Waals surface area contributed by atoms with Crippen molar-refractivity contribution in [3.8, 4) is 5.75 Å². The van der Waals surface area contributed by atoms with E-state index in [0.717, 1.165) is 5.56 Å². The number of rotatable bonds is 10. The van der Waals surface area contributed by atoms with Crippen molar-refractivity contribution in [2.24, 2.45) is 0 Å². The Morgan fingerprint density at radius 2 is 1.78 bits per heavy atom. The maximum Gasteiger partial charge on any atom is 0.339 e. The molecule has 11 nitrogen and oxygen atoms in total. The fraction of sp³-hybridized carbons (Fsp3) is 0.480. The van der Waals surface area contributed by atoms with E-state index < -0.39 is 49.3 Å². The normalized spacial score (nSPS) is 23.8. The van der Waals surface area contributed by atoms with Crippen LogP contribution in [0.4, 0.5) is 0 Å². The van der Waals surface area contributed by atoms with Gasteiger partial charge in [0.25, 0.3) is 0 Å². The summed E-state index contributed by atoms with van der Waals surface area (Å²) in [5.41, 5.74) is 2.14. The number of aromatic nitrogens is 1. The van der Waals surface area contributed by atoms with Crippen LogP contribution in [0.2, 0.25) is 0 Å². The summed E-state index contributed by atoms with van der Waals surface area (Å²) in [4.78, 5) is 28.7. The average molecular weight is 506 g/mol. The molecule has 1 saturated heterocycles. The lowest BCUT2D eigenvalue weighted by molar-refractivity contribution is -0.301. The van der Waals surface area contributed by atoms with Crippen LogP contribution >= 0.6 is 0 Å². The van der Waals surface area contributed by atoms with E-state index in [1.807, 2.05) is 6.92 Å². The zero-order valence-electron chi connectivity index (χ0n) is 20.1. The Bertz CT molecular complexity index is 1030. The van der Waals surface area contributed by atoms with Gasteiger partial charge < -0.3 is 39.4 Å². The average Bonchev–Trinajstić information content (AvgIpc) is 2.88. The number of carbonyl (C=O) groups is 2. The molecule has 1 fully saturated rings. The molecular weight excluding hydrogens is 474 g/mol. The minimum Gasteiger partial charge on any atom is -0.508 e. The van der Waals surface area contributed by atoms with Crippen LogP contribution in [-0.4, -0.2) is 88.4 Å². The Hall–Kier alpha value is -3.09. The molecule has 4 N–H and O–H groups in total. The molecule has 5 atom stereocenters. The number of aryl methyl sites for hydroxylation is 1. The fourth-order valence-corrected chi connectivity index (χ4v) is 3.85. The van der Waals surface area contributed by atoms with Gasteiger partial charge in [0.2, 0.25) is 0 Å². The number of carbonyl (C=O) groups excluding carboxylic acids is 2. The van der Waals surface area contributed by atoms with E-state index in [-0.39, 0.29) is 24.3 Å². The van der Waals surface area contributed by atoms with Crippen molar-refractivity contribution in [1.82, 2.24) is 4.98 Å². The molecule has 3 rings (SSSR count). The van der Waals surface area contributed by atoms with Crippen molar-refractivity contribution >= 4 is 11.9 Å². The van der Waals surface area contributed by atoms with Crippen molar-refractivity contribution in [1.29, 1.82) is 0 Å². The maximum atomic E-state index is 12.6. The number of nitrogens with zero attached hydrogens (tertiary/aromatic N) is 1. The first-order valence-corrected chi connectivity index (χ1v) is 11.5. The summed E-state index contributed by atoms with van der Waals surface area (Å²) in [6.07, 6.45) is -3.44. The highest BCUT2D eigenvalue weighted by atomic mass is 16.7. The van der Waals surface area contributed by atoms with E-state index in [9.17, 15) is 30.0 Å². The third-order valence-corrected chi connectivity index (χ3v) is 5.94. The molecule has 2 aromatic rings. The number of aliphatic hydroxyl groups excluding tert-OH is 3. The smallest absolute Gasteiger partial charge is 0.339 e. The molecule has 1 aromatic carbocycles. The van der Waals surface area contributed by atoms with E-state index in [0.29, 0.717) is 24.0 Å². The number of methoxy groups -OCH3 is 1. The second-order valence-electron chi connectivity index (χ2n) is 8.33. The molecule has 2 heterocycles. The summed E-state index contributed by atoms with van der Waals surface area (Å²) in [7, 11) is 1.23. The van der Waals surface area contributed by atoms with Gasteiger partial charge >= 0.3 is 11.9 Å². The molecular formula is C25H31NO10. The molecule has 1 aromatic heterocycles. The Morgan fingerprint density at radius 3 is 2.44 bits per heavy atom. The van der Waals surface area contributed by atoms with E-state index in [1.54, 1.807) is 18.3 Å². The van der Waals surface area contributed by atoms with Gasteiger partial charge in [-0.15, -0.1) is 0 Å². The van der Waals surface area contributed by atoms with E-state index in [4.69, 9.17) is 18.9 Å². The third kappa shape index (κ3) is 6.77. The Balaban J connectivity index is 1.58. The minimum absolute atomic E-state index is 0.125. The van der Waals surface area contributed by atoms with Gasteiger partial charge in [0.1, 0.15) is 36.8 Å². The highest BCUT2D eigenvalue weighted by Crippen LogP contribution is 2.23. The van der Waals surface area contributed by atoms with E-state index in [1.165, 1.54) is 25.4 Å². The number of benzene rings is 1. The molecule has 0 saturated carbocycles. The standard InChI is InChI=1S/C25H31NO10/c1-3-15-11-26-12-18(24(32)33-2)17(15)10-20(28)35-13-19-21(29)22(30)23(31)25(36-19)34-9-8-14-4-6-16(27)7-5-14/h4-7,11-12,19,21-23,25,27,29-31H,3,8-10,13H2,1-2H3/t19-,21-,22+,23-,25-/m0/s1. The maximum absolute atomic E-state index is 12.6. The summed E-state index contributed by atoms with van der Waals surface area (Å²) in [5.74, 6) is -1.19. The summed E-state index contributed by atoms with van der Waals surface area (Å²) >= 11 is 0. The number of aliphatic hydroxyl groups is 3. The number of esters is 2. The highest BCUT2D eigenvalue weighted by Gasteiger charge is 2.44. The Labute approximate surface area is 208 Å². The molecule has 0 unspecified atom stereocenters. The molecule has 36 heavy (non-hydrogen) atoms. The largest absolute Gasteiger partial charge is 0.508 e. The molecule has 0 amide bonds. The molecule has 11 heteroatoms. The van der Waals surface area contributed by atoms with Gasteiger partial charge in [0.05, 0.1) is 25.7 Å². The Kier molecular flexibility index (Phi) is 9.73. The fourth-order valence-electron chi connectivity index (χ4n) is 3.85. The van der Waals surface area contributed by atoms with Crippen LogP contribution < -0.4 is 0 Å². The van der Waals surface area contributed by atoms with Crippen LogP contribution in [0.3, 0.4) is 0 Å². The molecule has 196 valence electrons. The zero-order valence-corrected chi connectivity index (χ0v) is 20.1. The van der Waals surface area contributed by atoms with E-state index in [2.05, 4.69) is 4.98 Å². The van der Waals surface area contributed by atoms with Crippen LogP contribution in [-0.2, 0) is 43.0 Å². The van der Waals surface area contributed by atoms with Crippen molar-refractivity contribution in [2.45, 2.75) is 56.9 Å². The molecule has 1 aliphatic heterocycles. The SMILES string of the molecule is CCc1cncc(C(=O)OC)c1CC(=O)OC[C@@H]1O[C@H](OCCc2ccc(O)cc2)[C@@H](O)[C@H](O)[C@H]1O. The number of phenols is 1. The van der Waals surface area contributed by atoms with Gasteiger partial charge in [0.15, 0.2) is 6.29 Å². The van der Waals surface area contributed by atoms with Crippen LogP contribution in [0.5, 0.6) is 5.75 Å². The van der Waals surface area contributed by atoms with Crippen LogP contribution in [0.1, 0.15) is 34.0 Å². The molecule has 0 radical (unpaired) electrons. The van der Waals surface area contributed by atoms with Gasteiger partial charge in [-0.25, -0.2) is 4.79 Å². The van der Waals surface area contributed by atoms with Crippen LogP contribution in [0, 0.1) is 0 Å². The summed E-state index contributed by atoms with van der Waals surface area (Å²) in [6, 6.07) is 6.51. The molecule has 1 aliphatic rings. The first-order valence-electron chi connectivity index (χ1n) is 11.5. The molecule has 0 bridgehead atoms. The summed E-state index contributed by atoms with van der Waals surface area (Å²) in [5, 5.41) is 40.2. The first kappa shape index (κ1) is 27.5. The first-order chi connectivity index (χ1) is 17.2. The molecule has 0 aliphatic carbocycles. The number of hydrogen-bond acceptors (Lipinski definition) is 11. The summed E-state index contributed by atoms with van der Waals surface area (Å²) < 4.78 is 21.2. The number of pyridine rings is 1.